The van der Waals surface area contributed by atoms with E-state index in [9.17, 15) is 0 Å². The molecule has 0 saturated carbocycles. The van der Waals surface area contributed by atoms with E-state index in [1.54, 1.807) is 46.2 Å². The van der Waals surface area contributed by atoms with Gasteiger partial charge in [0.1, 0.15) is 8.64 Å². The van der Waals surface area contributed by atoms with Crippen molar-refractivity contribution in [2.75, 3.05) is 28.2 Å². The smallest absolute Gasteiger partial charge is 0.141 e. The highest BCUT2D eigenvalue weighted by Crippen LogP contribution is 2.46. The van der Waals surface area contributed by atoms with Crippen LogP contribution < -0.4 is 0 Å². The van der Waals surface area contributed by atoms with E-state index in [1.807, 2.05) is 44.2 Å². The summed E-state index contributed by atoms with van der Waals surface area (Å²) >= 11 is 17.6. The number of thioether (sulfide) groups is 2. The first-order valence-electron chi connectivity index (χ1n) is 6.95. The van der Waals surface area contributed by atoms with Crippen LogP contribution in [0.25, 0.3) is 21.0 Å². The molecule has 3 aromatic rings. The fourth-order valence-corrected chi connectivity index (χ4v) is 6.98. The zero-order valence-electron chi connectivity index (χ0n) is 13.5. The van der Waals surface area contributed by atoms with Crippen LogP contribution in [0.1, 0.15) is 0 Å². The highest BCUT2D eigenvalue weighted by atomic mass is 32.2. The van der Waals surface area contributed by atoms with Gasteiger partial charge in [-0.25, -0.2) is 0 Å². The Morgan fingerprint density at radius 2 is 1.67 bits per heavy atom. The Morgan fingerprint density at radius 3 is 2.29 bits per heavy atom. The van der Waals surface area contributed by atoms with E-state index in [0.29, 0.717) is 0 Å². The lowest BCUT2D eigenvalue weighted by Crippen LogP contribution is -2.15. The summed E-state index contributed by atoms with van der Waals surface area (Å²) in [5.41, 5.74) is 1.02. The Morgan fingerprint density at radius 1 is 1.04 bits per heavy atom. The SMILES string of the molecule is CN(C)C(=S)Sc1sc(SC(=S)N(C)C)c2c1ncc1sccc12. The van der Waals surface area contributed by atoms with Crippen LogP contribution in [0.4, 0.5) is 0 Å². The summed E-state index contributed by atoms with van der Waals surface area (Å²) < 4.78 is 5.18. The molecule has 3 aromatic heterocycles. The molecule has 0 saturated heterocycles. The van der Waals surface area contributed by atoms with Gasteiger partial charge in [-0.05, 0) is 35.0 Å². The maximum absolute atomic E-state index is 5.50. The quantitative estimate of drug-likeness (QED) is 0.397. The van der Waals surface area contributed by atoms with Gasteiger partial charge in [-0.15, -0.1) is 22.7 Å². The number of thiocarbonyl (C=S) groups is 2. The first-order valence-corrected chi connectivity index (χ1v) is 11.1. The summed E-state index contributed by atoms with van der Waals surface area (Å²) in [6.45, 7) is 0. The minimum atomic E-state index is 0.831. The molecule has 0 amide bonds. The first kappa shape index (κ1) is 18.3. The minimum absolute atomic E-state index is 0.831. The van der Waals surface area contributed by atoms with Gasteiger partial charge in [-0.2, -0.15) is 0 Å². The molecule has 0 spiro atoms. The number of hydrogen-bond acceptors (Lipinski definition) is 7. The normalized spacial score (nSPS) is 11.2. The molecule has 0 aromatic carbocycles. The van der Waals surface area contributed by atoms with Gasteiger partial charge in [0.25, 0.3) is 0 Å². The largest absolute Gasteiger partial charge is 0.363 e. The molecule has 0 fully saturated rings. The van der Waals surface area contributed by atoms with Crippen molar-refractivity contribution in [1.29, 1.82) is 0 Å². The monoisotopic (exact) mass is 429 g/mol. The van der Waals surface area contributed by atoms with Crippen LogP contribution in [0.5, 0.6) is 0 Å². The summed E-state index contributed by atoms with van der Waals surface area (Å²) in [4.78, 5) is 8.63. The molecule has 0 atom stereocenters. The molecule has 0 aliphatic rings. The Hall–Kier alpha value is -0.450. The third kappa shape index (κ3) is 3.56. The van der Waals surface area contributed by atoms with Crippen molar-refractivity contribution in [1.82, 2.24) is 14.8 Å². The number of aromatic nitrogens is 1. The Bertz CT molecular complexity index is 924. The maximum atomic E-state index is 5.50. The van der Waals surface area contributed by atoms with Crippen LogP contribution in [0.3, 0.4) is 0 Å². The summed E-state index contributed by atoms with van der Waals surface area (Å²) in [6, 6.07) is 2.16. The van der Waals surface area contributed by atoms with E-state index in [0.717, 1.165) is 18.4 Å². The van der Waals surface area contributed by atoms with Gasteiger partial charge < -0.3 is 9.80 Å². The zero-order chi connectivity index (χ0) is 17.4. The number of rotatable bonds is 2. The average molecular weight is 430 g/mol. The summed E-state index contributed by atoms with van der Waals surface area (Å²) in [6.07, 6.45) is 1.95. The van der Waals surface area contributed by atoms with Gasteiger partial charge in [0.15, 0.2) is 0 Å². The van der Waals surface area contributed by atoms with E-state index in [2.05, 4.69) is 11.4 Å². The molecule has 0 radical (unpaired) electrons. The van der Waals surface area contributed by atoms with Gasteiger partial charge in [0.2, 0.25) is 0 Å². The van der Waals surface area contributed by atoms with Crippen molar-refractivity contribution < 1.29 is 0 Å². The third-order valence-electron chi connectivity index (χ3n) is 3.19. The lowest BCUT2D eigenvalue weighted by atomic mass is 10.2. The van der Waals surface area contributed by atoms with Gasteiger partial charge in [-0.1, -0.05) is 24.4 Å². The summed E-state index contributed by atoms with van der Waals surface area (Å²) in [7, 11) is 7.87. The van der Waals surface area contributed by atoms with Crippen molar-refractivity contribution >= 4 is 100 Å². The molecular formula is C15H15N3S6. The number of pyridine rings is 1. The van der Waals surface area contributed by atoms with E-state index in [-0.39, 0.29) is 0 Å². The van der Waals surface area contributed by atoms with Crippen molar-refractivity contribution in [3.63, 3.8) is 0 Å². The molecule has 0 N–H and O–H groups in total. The molecule has 9 heteroatoms. The fourth-order valence-electron chi connectivity index (χ4n) is 1.97. The van der Waals surface area contributed by atoms with Gasteiger partial charge in [0.05, 0.1) is 18.6 Å². The summed E-state index contributed by atoms with van der Waals surface area (Å²) in [5, 5.41) is 4.55. The van der Waals surface area contributed by atoms with Crippen LogP contribution in [-0.4, -0.2) is 51.6 Å². The van der Waals surface area contributed by atoms with Crippen LogP contribution in [0.15, 0.2) is 26.1 Å². The third-order valence-corrected chi connectivity index (χ3v) is 8.88. The molecule has 3 heterocycles. The van der Waals surface area contributed by atoms with Crippen molar-refractivity contribution in [3.05, 3.63) is 17.6 Å². The molecule has 24 heavy (non-hydrogen) atoms. The van der Waals surface area contributed by atoms with E-state index in [4.69, 9.17) is 29.4 Å². The van der Waals surface area contributed by atoms with Gasteiger partial charge in [-0.3, -0.25) is 4.98 Å². The summed E-state index contributed by atoms with van der Waals surface area (Å²) in [5.74, 6) is 0. The van der Waals surface area contributed by atoms with Crippen molar-refractivity contribution in [3.8, 4) is 0 Å². The van der Waals surface area contributed by atoms with E-state index in [1.165, 1.54) is 19.7 Å². The predicted molar refractivity (Wildman–Crippen MR) is 119 cm³/mol. The fraction of sp³-hybridized carbons (Fsp3) is 0.267. The molecular weight excluding hydrogens is 415 g/mol. The Kier molecular flexibility index (Phi) is 5.68. The second-order valence-corrected chi connectivity index (χ2v) is 11.2. The lowest BCUT2D eigenvalue weighted by molar-refractivity contribution is 0.648. The second-order valence-electron chi connectivity index (χ2n) is 5.38. The second kappa shape index (κ2) is 7.43. The van der Waals surface area contributed by atoms with Crippen LogP contribution >= 0.6 is 70.6 Å². The number of fused-ring (bicyclic) bond motifs is 3. The number of thiophene rings is 2. The van der Waals surface area contributed by atoms with Crippen molar-refractivity contribution in [2.45, 2.75) is 8.42 Å². The Labute approximate surface area is 168 Å². The minimum Gasteiger partial charge on any atom is -0.363 e. The maximum Gasteiger partial charge on any atom is 0.141 e. The van der Waals surface area contributed by atoms with Crippen LogP contribution in [0, 0.1) is 0 Å². The van der Waals surface area contributed by atoms with E-state index >= 15 is 0 Å². The highest BCUT2D eigenvalue weighted by Gasteiger charge is 2.20. The molecule has 3 rings (SSSR count). The first-order chi connectivity index (χ1) is 11.4. The van der Waals surface area contributed by atoms with Crippen molar-refractivity contribution in [2.24, 2.45) is 0 Å². The molecule has 0 aliphatic carbocycles. The topological polar surface area (TPSA) is 19.4 Å². The number of hydrogen-bond donors (Lipinski definition) is 0. The van der Waals surface area contributed by atoms with Crippen LogP contribution in [0.2, 0.25) is 0 Å². The zero-order valence-corrected chi connectivity index (χ0v) is 18.4. The number of nitrogens with zero attached hydrogens (tertiary/aromatic N) is 3. The Balaban J connectivity index is 2.16. The molecule has 3 nitrogen and oxygen atoms in total. The molecule has 126 valence electrons. The van der Waals surface area contributed by atoms with Crippen LogP contribution in [-0.2, 0) is 0 Å². The molecule has 0 bridgehead atoms. The molecule has 0 aliphatic heterocycles. The highest BCUT2D eigenvalue weighted by molar-refractivity contribution is 8.25. The average Bonchev–Trinajstić information content (AvgIpc) is 3.11. The lowest BCUT2D eigenvalue weighted by Gasteiger charge is -2.11. The van der Waals surface area contributed by atoms with E-state index < -0.39 is 0 Å². The van der Waals surface area contributed by atoms with Gasteiger partial charge >= 0.3 is 0 Å². The molecule has 0 unspecified atom stereocenters. The van der Waals surface area contributed by atoms with Gasteiger partial charge in [0, 0.05) is 45.2 Å². The predicted octanol–water partition coefficient (Wildman–Crippen LogP) is 5.39. The standard InChI is InChI=1S/C15H15N3S6/c1-17(2)14(19)23-12-10-8-5-6-21-9(8)7-16-11(10)13(22-12)24-15(20)18(3)4/h5-7H,1-4H3.